The first kappa shape index (κ1) is 12.3. The third-order valence-corrected chi connectivity index (χ3v) is 4.54. The molecule has 7 nitrogen and oxygen atoms in total. The largest absolute Gasteiger partial charge is 0.465 e. The van der Waals surface area contributed by atoms with Crippen LogP contribution in [0.1, 0.15) is 5.82 Å². The topological polar surface area (TPSA) is 84.1 Å². The van der Waals surface area contributed by atoms with E-state index < -0.39 is 6.09 Å². The van der Waals surface area contributed by atoms with Crippen molar-refractivity contribution < 1.29 is 9.90 Å². The summed E-state index contributed by atoms with van der Waals surface area (Å²) >= 11 is 1.57. The minimum Gasteiger partial charge on any atom is -0.465 e. The molecule has 4 rings (SSSR count). The van der Waals surface area contributed by atoms with Crippen LogP contribution >= 0.6 is 11.3 Å². The molecule has 3 aromatic rings. The highest BCUT2D eigenvalue weighted by molar-refractivity contribution is 7.21. The summed E-state index contributed by atoms with van der Waals surface area (Å²) in [6.45, 7) is 1.27. The third-order valence-electron chi connectivity index (χ3n) is 3.51. The van der Waals surface area contributed by atoms with Crippen molar-refractivity contribution >= 4 is 27.6 Å². The van der Waals surface area contributed by atoms with Crippen LogP contribution in [0.25, 0.3) is 21.0 Å². The van der Waals surface area contributed by atoms with E-state index in [2.05, 4.69) is 15.2 Å². The zero-order valence-electron chi connectivity index (χ0n) is 10.9. The Balaban J connectivity index is 1.76. The summed E-state index contributed by atoms with van der Waals surface area (Å²) < 4.78 is 3.06. The van der Waals surface area contributed by atoms with Crippen LogP contribution in [0.2, 0.25) is 0 Å². The summed E-state index contributed by atoms with van der Waals surface area (Å²) in [5.74, 6) is 1.38. The van der Waals surface area contributed by atoms with Crippen LogP contribution < -0.4 is 0 Å². The molecule has 1 aliphatic heterocycles. The molecule has 0 aliphatic carbocycles. The van der Waals surface area contributed by atoms with Gasteiger partial charge in [-0.1, -0.05) is 12.1 Å². The van der Waals surface area contributed by atoms with Gasteiger partial charge in [0.25, 0.3) is 0 Å². The monoisotopic (exact) mass is 301 g/mol. The Bertz CT molecular complexity index is 807. The van der Waals surface area contributed by atoms with Gasteiger partial charge in [0.2, 0.25) is 0 Å². The molecule has 2 aromatic heterocycles. The average Bonchev–Trinajstić information content (AvgIpc) is 3.09. The maximum atomic E-state index is 11.0. The molecule has 0 saturated carbocycles. The summed E-state index contributed by atoms with van der Waals surface area (Å²) in [5, 5.41) is 18.2. The highest BCUT2D eigenvalue weighted by Gasteiger charge is 2.25. The van der Waals surface area contributed by atoms with E-state index in [1.165, 1.54) is 4.90 Å². The predicted molar refractivity (Wildman–Crippen MR) is 77.1 cm³/mol. The van der Waals surface area contributed by atoms with E-state index in [0.717, 1.165) is 21.0 Å². The molecule has 1 amide bonds. The van der Waals surface area contributed by atoms with Gasteiger partial charge in [0.15, 0.2) is 16.7 Å². The quantitative estimate of drug-likeness (QED) is 0.743. The normalized spacial score (nSPS) is 14.4. The molecule has 0 bridgehead atoms. The zero-order chi connectivity index (χ0) is 14.4. The average molecular weight is 301 g/mol. The number of hydrogen-bond donors (Lipinski definition) is 1. The molecule has 0 spiro atoms. The zero-order valence-corrected chi connectivity index (χ0v) is 11.7. The van der Waals surface area contributed by atoms with Crippen LogP contribution in [0, 0.1) is 0 Å². The van der Waals surface area contributed by atoms with Gasteiger partial charge in [-0.05, 0) is 12.1 Å². The van der Waals surface area contributed by atoms with Crippen LogP contribution in [0.5, 0.6) is 0 Å². The lowest BCUT2D eigenvalue weighted by atomic mass is 10.3. The molecule has 3 heterocycles. The lowest BCUT2D eigenvalue weighted by Crippen LogP contribution is -2.37. The van der Waals surface area contributed by atoms with E-state index in [1.807, 2.05) is 28.8 Å². The smallest absolute Gasteiger partial charge is 0.407 e. The van der Waals surface area contributed by atoms with Crippen molar-refractivity contribution in [3.63, 3.8) is 0 Å². The van der Waals surface area contributed by atoms with Gasteiger partial charge in [0, 0.05) is 13.1 Å². The molecule has 0 fully saturated rings. The van der Waals surface area contributed by atoms with E-state index in [4.69, 9.17) is 5.11 Å². The van der Waals surface area contributed by atoms with Gasteiger partial charge in [-0.2, -0.15) is 0 Å². The Kier molecular flexibility index (Phi) is 2.64. The summed E-state index contributed by atoms with van der Waals surface area (Å²) in [5.41, 5.74) is 0.942. The summed E-state index contributed by atoms with van der Waals surface area (Å²) in [4.78, 5) is 16.9. The number of fused-ring (bicyclic) bond motifs is 2. The fraction of sp³-hybridized carbons (Fsp3) is 0.231. The Morgan fingerprint density at radius 3 is 2.90 bits per heavy atom. The van der Waals surface area contributed by atoms with Crippen molar-refractivity contribution in [3.05, 3.63) is 30.1 Å². The van der Waals surface area contributed by atoms with Crippen LogP contribution in [0.15, 0.2) is 24.3 Å². The van der Waals surface area contributed by atoms with Gasteiger partial charge in [-0.15, -0.1) is 21.5 Å². The number of hydrogen-bond acceptors (Lipinski definition) is 5. The molecule has 0 saturated heterocycles. The summed E-state index contributed by atoms with van der Waals surface area (Å²) in [6, 6.07) is 7.93. The van der Waals surface area contributed by atoms with Gasteiger partial charge >= 0.3 is 6.09 Å². The standard InChI is InChI=1S/C13H11N5O2S/c19-13(20)17-5-6-18-10(7-17)15-16-11(18)12-14-8-3-1-2-4-9(8)21-12/h1-4H,5-7H2,(H,19,20). The molecule has 0 unspecified atom stereocenters. The first-order valence-electron chi connectivity index (χ1n) is 6.48. The minimum absolute atomic E-state index is 0.271. The molecule has 0 radical (unpaired) electrons. The van der Waals surface area contributed by atoms with Gasteiger partial charge < -0.3 is 9.67 Å². The molecular formula is C13H11N5O2S. The van der Waals surface area contributed by atoms with Gasteiger partial charge in [0.1, 0.15) is 0 Å². The number of nitrogens with zero attached hydrogens (tertiary/aromatic N) is 5. The van der Waals surface area contributed by atoms with E-state index >= 15 is 0 Å². The number of benzene rings is 1. The lowest BCUT2D eigenvalue weighted by Gasteiger charge is -2.24. The second kappa shape index (κ2) is 4.52. The predicted octanol–water partition coefficient (Wildman–Crippen LogP) is 2.05. The summed E-state index contributed by atoms with van der Waals surface area (Å²) in [7, 11) is 0. The third kappa shape index (κ3) is 1.95. The highest BCUT2D eigenvalue weighted by atomic mass is 32.1. The van der Waals surface area contributed by atoms with E-state index in [-0.39, 0.29) is 6.54 Å². The molecule has 106 valence electrons. The maximum absolute atomic E-state index is 11.0. The molecular weight excluding hydrogens is 290 g/mol. The Morgan fingerprint density at radius 1 is 1.24 bits per heavy atom. The SMILES string of the molecule is O=C(O)N1CCn2c(nnc2-c2nc3ccccc3s2)C1. The van der Waals surface area contributed by atoms with Crippen molar-refractivity contribution in [2.24, 2.45) is 0 Å². The highest BCUT2D eigenvalue weighted by Crippen LogP contribution is 2.30. The minimum atomic E-state index is -0.925. The van der Waals surface area contributed by atoms with Crippen LogP contribution in [-0.2, 0) is 13.1 Å². The van der Waals surface area contributed by atoms with Crippen molar-refractivity contribution in [1.82, 2.24) is 24.6 Å². The second-order valence-corrected chi connectivity index (χ2v) is 5.81. The number of para-hydroxylation sites is 1. The Morgan fingerprint density at radius 2 is 2.10 bits per heavy atom. The van der Waals surface area contributed by atoms with Gasteiger partial charge in [-0.25, -0.2) is 9.78 Å². The molecule has 1 aliphatic rings. The van der Waals surface area contributed by atoms with Gasteiger partial charge in [0.05, 0.1) is 16.8 Å². The van der Waals surface area contributed by atoms with Crippen molar-refractivity contribution in [2.75, 3.05) is 6.54 Å². The molecule has 1 N–H and O–H groups in total. The molecule has 1 aromatic carbocycles. The molecule has 0 atom stereocenters. The number of carbonyl (C=O) groups is 1. The fourth-order valence-electron chi connectivity index (χ4n) is 2.45. The number of carboxylic acid groups (broad SMARTS) is 1. The van der Waals surface area contributed by atoms with E-state index in [1.54, 1.807) is 11.3 Å². The van der Waals surface area contributed by atoms with E-state index in [9.17, 15) is 4.79 Å². The first-order chi connectivity index (χ1) is 10.2. The maximum Gasteiger partial charge on any atom is 0.407 e. The van der Waals surface area contributed by atoms with Crippen LogP contribution in [0.3, 0.4) is 0 Å². The van der Waals surface area contributed by atoms with Crippen LogP contribution in [-0.4, -0.2) is 42.4 Å². The Labute approximate surface area is 123 Å². The summed E-state index contributed by atoms with van der Waals surface area (Å²) in [6.07, 6.45) is -0.925. The molecule has 8 heteroatoms. The van der Waals surface area contributed by atoms with Crippen molar-refractivity contribution in [1.29, 1.82) is 0 Å². The first-order valence-corrected chi connectivity index (χ1v) is 7.30. The molecule has 21 heavy (non-hydrogen) atoms. The lowest BCUT2D eigenvalue weighted by molar-refractivity contribution is 0.132. The second-order valence-electron chi connectivity index (χ2n) is 4.78. The number of thiazole rings is 1. The number of aromatic nitrogens is 4. The van der Waals surface area contributed by atoms with Crippen LogP contribution in [0.4, 0.5) is 4.79 Å². The van der Waals surface area contributed by atoms with Crippen molar-refractivity contribution in [3.8, 4) is 10.8 Å². The number of rotatable bonds is 1. The van der Waals surface area contributed by atoms with Gasteiger partial charge in [-0.3, -0.25) is 4.90 Å². The fourth-order valence-corrected chi connectivity index (χ4v) is 3.41. The number of amides is 1. The Hall–Kier alpha value is -2.48. The van der Waals surface area contributed by atoms with Crippen molar-refractivity contribution in [2.45, 2.75) is 13.1 Å². The van der Waals surface area contributed by atoms with E-state index in [0.29, 0.717) is 18.9 Å².